The van der Waals surface area contributed by atoms with Crippen molar-refractivity contribution in [2.45, 2.75) is 4.90 Å². The first-order chi connectivity index (χ1) is 16.4. The predicted octanol–water partition coefficient (Wildman–Crippen LogP) is 4.13. The van der Waals surface area contributed by atoms with Gasteiger partial charge in [-0.05, 0) is 48.5 Å². The van der Waals surface area contributed by atoms with Gasteiger partial charge in [0.1, 0.15) is 19.0 Å². The predicted molar refractivity (Wildman–Crippen MR) is 129 cm³/mol. The lowest BCUT2D eigenvalue weighted by molar-refractivity contribution is 0.102. The lowest BCUT2D eigenvalue weighted by atomic mass is 10.2. The van der Waals surface area contributed by atoms with Gasteiger partial charge in [-0.2, -0.15) is 0 Å². The summed E-state index contributed by atoms with van der Waals surface area (Å²) in [5.74, 6) is 1.49. The number of amides is 1. The Morgan fingerprint density at radius 3 is 2.35 bits per heavy atom. The molecule has 5 rings (SSSR count). The molecule has 0 bridgehead atoms. The van der Waals surface area contributed by atoms with Crippen molar-refractivity contribution in [1.82, 2.24) is 4.98 Å². The molecule has 0 radical (unpaired) electrons. The first-order valence-electron chi connectivity index (χ1n) is 10.2. The van der Waals surface area contributed by atoms with E-state index < -0.39 is 10.0 Å². The average molecular weight is 498 g/mol. The molecule has 34 heavy (non-hydrogen) atoms. The van der Waals surface area contributed by atoms with E-state index in [2.05, 4.69) is 15.0 Å². The van der Waals surface area contributed by atoms with Crippen molar-refractivity contribution in [2.75, 3.05) is 30.4 Å². The van der Waals surface area contributed by atoms with Gasteiger partial charge < -0.3 is 14.2 Å². The zero-order chi connectivity index (χ0) is 23.7. The zero-order valence-electron chi connectivity index (χ0n) is 17.9. The molecule has 1 aromatic heterocycles. The van der Waals surface area contributed by atoms with Crippen molar-refractivity contribution >= 4 is 48.3 Å². The van der Waals surface area contributed by atoms with Gasteiger partial charge >= 0.3 is 0 Å². The van der Waals surface area contributed by atoms with Gasteiger partial charge in [0.25, 0.3) is 15.9 Å². The van der Waals surface area contributed by atoms with Gasteiger partial charge in [0.05, 0.1) is 22.2 Å². The Morgan fingerprint density at radius 2 is 1.68 bits per heavy atom. The minimum atomic E-state index is -3.78. The molecule has 2 N–H and O–H groups in total. The average Bonchev–Trinajstić information content (AvgIpc) is 3.23. The smallest absolute Gasteiger partial charge is 0.261 e. The second kappa shape index (κ2) is 8.84. The number of fused-ring (bicyclic) bond motifs is 2. The molecule has 4 aromatic rings. The molecule has 1 aliphatic heterocycles. The lowest BCUT2D eigenvalue weighted by Gasteiger charge is -2.17. The molecule has 0 aliphatic carbocycles. The SMILES string of the molecule is COc1ccc(S(=O)(=O)Nc2ccc(C(=O)Nc3nc4cc5c(cc4s3)OCCO5)cc2)cc1. The number of hydrogen-bond acceptors (Lipinski definition) is 8. The van der Waals surface area contributed by atoms with Crippen LogP contribution in [0.4, 0.5) is 10.8 Å². The van der Waals surface area contributed by atoms with Crippen LogP contribution in [0.3, 0.4) is 0 Å². The van der Waals surface area contributed by atoms with Gasteiger partial charge in [0.15, 0.2) is 16.6 Å². The number of thiazole rings is 1. The Balaban J connectivity index is 1.28. The van der Waals surface area contributed by atoms with Gasteiger partial charge in [-0.25, -0.2) is 13.4 Å². The van der Waals surface area contributed by atoms with Gasteiger partial charge in [-0.15, -0.1) is 0 Å². The van der Waals surface area contributed by atoms with Gasteiger partial charge in [-0.3, -0.25) is 14.8 Å². The molecule has 1 amide bonds. The number of nitrogens with one attached hydrogen (secondary N) is 2. The first-order valence-corrected chi connectivity index (χ1v) is 12.5. The molecule has 9 nitrogen and oxygen atoms in total. The minimum absolute atomic E-state index is 0.100. The summed E-state index contributed by atoms with van der Waals surface area (Å²) in [7, 11) is -2.27. The van der Waals surface area contributed by atoms with E-state index in [-0.39, 0.29) is 10.8 Å². The van der Waals surface area contributed by atoms with Crippen molar-refractivity contribution in [1.29, 1.82) is 0 Å². The maximum absolute atomic E-state index is 12.7. The minimum Gasteiger partial charge on any atom is -0.497 e. The number of benzene rings is 3. The molecule has 1 aliphatic rings. The van der Waals surface area contributed by atoms with Crippen LogP contribution in [0.2, 0.25) is 0 Å². The zero-order valence-corrected chi connectivity index (χ0v) is 19.5. The van der Waals surface area contributed by atoms with Crippen LogP contribution in [0.15, 0.2) is 65.6 Å². The summed E-state index contributed by atoms with van der Waals surface area (Å²) in [5, 5.41) is 3.22. The second-order valence-corrected chi connectivity index (χ2v) is 10.0. The topological polar surface area (TPSA) is 116 Å². The fourth-order valence-corrected chi connectivity index (χ4v) is 5.28. The number of carbonyl (C=O) groups excluding carboxylic acids is 1. The van der Waals surface area contributed by atoms with Crippen LogP contribution < -0.4 is 24.2 Å². The fourth-order valence-electron chi connectivity index (χ4n) is 3.35. The Labute approximate surface area is 199 Å². The standard InChI is InChI=1S/C23H19N3O6S2/c1-30-16-6-8-17(9-7-16)34(28,29)26-15-4-2-14(3-5-15)22(27)25-23-24-18-12-19-20(13-21(18)33-23)32-11-10-31-19/h2-9,12-13,26H,10-11H2,1H3,(H,24,25,27). The van der Waals surface area contributed by atoms with Crippen LogP contribution in [-0.2, 0) is 10.0 Å². The van der Waals surface area contributed by atoms with Gasteiger partial charge in [0.2, 0.25) is 0 Å². The fraction of sp³-hybridized carbons (Fsp3) is 0.130. The Kier molecular flexibility index (Phi) is 5.72. The molecule has 2 heterocycles. The third-order valence-corrected chi connectivity index (χ3v) is 7.37. The summed E-state index contributed by atoms with van der Waals surface area (Å²) in [4.78, 5) is 17.2. The number of sulfonamides is 1. The van der Waals surface area contributed by atoms with E-state index in [4.69, 9.17) is 14.2 Å². The number of carbonyl (C=O) groups is 1. The van der Waals surface area contributed by atoms with Crippen molar-refractivity contribution in [2.24, 2.45) is 0 Å². The highest BCUT2D eigenvalue weighted by atomic mass is 32.2. The third-order valence-electron chi connectivity index (χ3n) is 5.04. The number of methoxy groups -OCH3 is 1. The van der Waals surface area contributed by atoms with E-state index in [9.17, 15) is 13.2 Å². The number of ether oxygens (including phenoxy) is 3. The summed E-state index contributed by atoms with van der Waals surface area (Å²) in [5.41, 5.74) is 1.39. The monoisotopic (exact) mass is 497 g/mol. The molecule has 11 heteroatoms. The summed E-state index contributed by atoms with van der Waals surface area (Å²) >= 11 is 1.33. The summed E-state index contributed by atoms with van der Waals surface area (Å²) in [6.45, 7) is 0.978. The van der Waals surface area contributed by atoms with Crippen LogP contribution in [0.25, 0.3) is 10.2 Å². The second-order valence-electron chi connectivity index (χ2n) is 7.30. The van der Waals surface area contributed by atoms with Crippen LogP contribution in [0.1, 0.15) is 10.4 Å². The molecule has 0 unspecified atom stereocenters. The summed E-state index contributed by atoms with van der Waals surface area (Å²) in [6.07, 6.45) is 0. The lowest BCUT2D eigenvalue weighted by Crippen LogP contribution is -2.15. The third kappa shape index (κ3) is 4.47. The molecule has 0 fully saturated rings. The molecule has 3 aromatic carbocycles. The number of anilines is 2. The highest BCUT2D eigenvalue weighted by Gasteiger charge is 2.17. The summed E-state index contributed by atoms with van der Waals surface area (Å²) < 4.78 is 44.7. The van der Waals surface area contributed by atoms with Crippen LogP contribution in [0.5, 0.6) is 17.2 Å². The van der Waals surface area contributed by atoms with Gasteiger partial charge in [-0.1, -0.05) is 11.3 Å². The molecule has 0 saturated carbocycles. The molecule has 0 saturated heterocycles. The Hall–Kier alpha value is -3.83. The Bertz CT molecular complexity index is 1420. The van der Waals surface area contributed by atoms with Crippen LogP contribution in [-0.4, -0.2) is 39.6 Å². The van der Waals surface area contributed by atoms with E-state index >= 15 is 0 Å². The first kappa shape index (κ1) is 22.0. The quantitative estimate of drug-likeness (QED) is 0.411. The van der Waals surface area contributed by atoms with Crippen LogP contribution in [0, 0.1) is 0 Å². The molecule has 174 valence electrons. The molecule has 0 spiro atoms. The van der Waals surface area contributed by atoms with E-state index in [0.29, 0.717) is 52.4 Å². The number of nitrogens with zero attached hydrogens (tertiary/aromatic N) is 1. The highest BCUT2D eigenvalue weighted by molar-refractivity contribution is 7.92. The highest BCUT2D eigenvalue weighted by Crippen LogP contribution is 2.38. The largest absolute Gasteiger partial charge is 0.497 e. The maximum atomic E-state index is 12.7. The summed E-state index contributed by atoms with van der Waals surface area (Å²) in [6, 6.07) is 15.8. The van der Waals surface area contributed by atoms with Gasteiger partial charge in [0, 0.05) is 23.4 Å². The van der Waals surface area contributed by atoms with E-state index in [1.54, 1.807) is 18.2 Å². The normalized spacial score (nSPS) is 12.9. The number of hydrogen-bond donors (Lipinski definition) is 2. The molecule has 0 atom stereocenters. The van der Waals surface area contributed by atoms with Crippen molar-refractivity contribution < 1.29 is 27.4 Å². The van der Waals surface area contributed by atoms with Crippen LogP contribution >= 0.6 is 11.3 Å². The number of aromatic nitrogens is 1. The maximum Gasteiger partial charge on any atom is 0.261 e. The molecular weight excluding hydrogens is 478 g/mol. The van der Waals surface area contributed by atoms with Crippen molar-refractivity contribution in [3.8, 4) is 17.2 Å². The Morgan fingerprint density at radius 1 is 1.00 bits per heavy atom. The van der Waals surface area contributed by atoms with E-state index in [0.717, 1.165) is 4.70 Å². The molecular formula is C23H19N3O6S2. The van der Waals surface area contributed by atoms with E-state index in [1.807, 2.05) is 6.07 Å². The van der Waals surface area contributed by atoms with Crippen molar-refractivity contribution in [3.63, 3.8) is 0 Å². The van der Waals surface area contributed by atoms with Crippen molar-refractivity contribution in [3.05, 3.63) is 66.2 Å². The number of rotatable bonds is 6. The van der Waals surface area contributed by atoms with E-state index in [1.165, 1.54) is 54.8 Å².